The summed E-state index contributed by atoms with van der Waals surface area (Å²) in [5, 5.41) is 3.63. The van der Waals surface area contributed by atoms with Crippen LogP contribution in [0.1, 0.15) is 39.5 Å². The van der Waals surface area contributed by atoms with E-state index >= 15 is 0 Å². The van der Waals surface area contributed by atoms with Crippen LogP contribution in [0.4, 0.5) is 0 Å². The minimum absolute atomic E-state index is 0.653. The van der Waals surface area contributed by atoms with Gasteiger partial charge in [0.2, 0.25) is 0 Å². The van der Waals surface area contributed by atoms with Crippen LogP contribution < -0.4 is 5.32 Å². The van der Waals surface area contributed by atoms with E-state index in [9.17, 15) is 0 Å². The highest BCUT2D eigenvalue weighted by atomic mass is 16.5. The van der Waals surface area contributed by atoms with Crippen LogP contribution in [-0.4, -0.2) is 49.8 Å². The zero-order chi connectivity index (χ0) is 12.1. The Balaban J connectivity index is 1.60. The van der Waals surface area contributed by atoms with Crippen molar-refractivity contribution < 1.29 is 4.74 Å². The lowest BCUT2D eigenvalue weighted by atomic mass is 10.1. The van der Waals surface area contributed by atoms with E-state index in [4.69, 9.17) is 4.74 Å². The first-order valence-corrected chi connectivity index (χ1v) is 7.30. The van der Waals surface area contributed by atoms with Crippen LogP contribution in [-0.2, 0) is 4.74 Å². The number of nitrogens with zero attached hydrogens (tertiary/aromatic N) is 1. The van der Waals surface area contributed by atoms with Crippen molar-refractivity contribution in [2.24, 2.45) is 5.92 Å². The van der Waals surface area contributed by atoms with Crippen LogP contribution in [0.2, 0.25) is 0 Å². The monoisotopic (exact) mass is 240 g/mol. The molecule has 0 aromatic rings. The molecular formula is C14H28N2O. The quantitative estimate of drug-likeness (QED) is 0.743. The number of nitrogens with one attached hydrogen (secondary N) is 1. The molecule has 0 bridgehead atoms. The van der Waals surface area contributed by atoms with Gasteiger partial charge in [-0.2, -0.15) is 0 Å². The molecule has 0 aromatic carbocycles. The zero-order valence-corrected chi connectivity index (χ0v) is 11.5. The van der Waals surface area contributed by atoms with Gasteiger partial charge in [0.1, 0.15) is 0 Å². The summed E-state index contributed by atoms with van der Waals surface area (Å²) in [6.45, 7) is 10.1. The van der Waals surface area contributed by atoms with Gasteiger partial charge in [-0.1, -0.05) is 0 Å². The first kappa shape index (κ1) is 13.3. The Bertz CT molecular complexity index is 206. The fourth-order valence-corrected chi connectivity index (χ4v) is 2.47. The van der Waals surface area contributed by atoms with E-state index < -0.39 is 0 Å². The molecule has 3 heteroatoms. The molecule has 0 radical (unpaired) electrons. The molecule has 100 valence electrons. The number of ether oxygens (including phenoxy) is 1. The van der Waals surface area contributed by atoms with E-state index in [-0.39, 0.29) is 0 Å². The summed E-state index contributed by atoms with van der Waals surface area (Å²) in [6, 6.07) is 1.31. The fraction of sp³-hybridized carbons (Fsp3) is 1.00. The van der Waals surface area contributed by atoms with Gasteiger partial charge in [0.05, 0.1) is 6.61 Å². The Hall–Kier alpha value is -0.120. The maximum atomic E-state index is 5.73. The SMILES string of the molecule is CC1CCN(CCOCC2CC2)CCC(C)N1. The van der Waals surface area contributed by atoms with Gasteiger partial charge in [0.25, 0.3) is 0 Å². The second-order valence-corrected chi connectivity index (χ2v) is 5.91. The lowest BCUT2D eigenvalue weighted by molar-refractivity contribution is 0.0907. The maximum Gasteiger partial charge on any atom is 0.0593 e. The largest absolute Gasteiger partial charge is 0.380 e. The van der Waals surface area contributed by atoms with Crippen molar-refractivity contribution in [3.63, 3.8) is 0 Å². The van der Waals surface area contributed by atoms with E-state index in [0.717, 1.165) is 25.7 Å². The molecule has 1 aliphatic carbocycles. The Morgan fingerprint density at radius 2 is 1.71 bits per heavy atom. The third-order valence-electron chi connectivity index (χ3n) is 3.93. The molecule has 2 unspecified atom stereocenters. The summed E-state index contributed by atoms with van der Waals surface area (Å²) < 4.78 is 5.73. The molecule has 1 saturated carbocycles. The maximum absolute atomic E-state index is 5.73. The average molecular weight is 240 g/mol. The van der Waals surface area contributed by atoms with E-state index in [0.29, 0.717) is 12.1 Å². The van der Waals surface area contributed by atoms with Crippen LogP contribution in [0.5, 0.6) is 0 Å². The molecule has 0 spiro atoms. The molecule has 2 atom stereocenters. The fourth-order valence-electron chi connectivity index (χ4n) is 2.47. The van der Waals surface area contributed by atoms with Crippen LogP contribution in [0.15, 0.2) is 0 Å². The van der Waals surface area contributed by atoms with Crippen molar-refractivity contribution in [3.05, 3.63) is 0 Å². The minimum atomic E-state index is 0.653. The van der Waals surface area contributed by atoms with Gasteiger partial charge in [0.15, 0.2) is 0 Å². The predicted octanol–water partition coefficient (Wildman–Crippen LogP) is 1.88. The van der Waals surface area contributed by atoms with Crippen LogP contribution in [0, 0.1) is 5.92 Å². The normalized spacial score (nSPS) is 32.1. The molecule has 17 heavy (non-hydrogen) atoms. The van der Waals surface area contributed by atoms with E-state index in [2.05, 4.69) is 24.1 Å². The Morgan fingerprint density at radius 1 is 1.06 bits per heavy atom. The predicted molar refractivity (Wildman–Crippen MR) is 71.3 cm³/mol. The molecule has 0 amide bonds. The van der Waals surface area contributed by atoms with E-state index in [1.165, 1.54) is 38.8 Å². The van der Waals surface area contributed by atoms with Crippen molar-refractivity contribution in [3.8, 4) is 0 Å². The van der Waals surface area contributed by atoms with Gasteiger partial charge >= 0.3 is 0 Å². The summed E-state index contributed by atoms with van der Waals surface area (Å²) in [6.07, 6.45) is 5.30. The molecule has 1 N–H and O–H groups in total. The second-order valence-electron chi connectivity index (χ2n) is 5.91. The van der Waals surface area contributed by atoms with Crippen LogP contribution in [0.25, 0.3) is 0 Å². The van der Waals surface area contributed by atoms with Crippen molar-refractivity contribution >= 4 is 0 Å². The first-order chi connectivity index (χ1) is 8.24. The van der Waals surface area contributed by atoms with Crippen molar-refractivity contribution in [2.75, 3.05) is 32.8 Å². The van der Waals surface area contributed by atoms with Gasteiger partial charge < -0.3 is 15.0 Å². The van der Waals surface area contributed by atoms with Crippen LogP contribution >= 0.6 is 0 Å². The Morgan fingerprint density at radius 3 is 2.29 bits per heavy atom. The molecule has 0 aromatic heterocycles. The molecule has 2 rings (SSSR count). The first-order valence-electron chi connectivity index (χ1n) is 7.30. The molecular weight excluding hydrogens is 212 g/mol. The number of rotatable bonds is 5. The topological polar surface area (TPSA) is 24.5 Å². The number of hydrogen-bond donors (Lipinski definition) is 1. The van der Waals surface area contributed by atoms with Gasteiger partial charge in [-0.25, -0.2) is 0 Å². The minimum Gasteiger partial charge on any atom is -0.380 e. The third-order valence-corrected chi connectivity index (χ3v) is 3.93. The second kappa shape index (κ2) is 6.72. The molecule has 2 fully saturated rings. The molecule has 2 aliphatic rings. The lowest BCUT2D eigenvalue weighted by Gasteiger charge is -2.30. The summed E-state index contributed by atoms with van der Waals surface area (Å²) in [5.41, 5.74) is 0. The molecule has 1 heterocycles. The summed E-state index contributed by atoms with van der Waals surface area (Å²) in [4.78, 5) is 2.57. The molecule has 1 saturated heterocycles. The highest BCUT2D eigenvalue weighted by Crippen LogP contribution is 2.28. The Labute approximate surface area is 106 Å². The highest BCUT2D eigenvalue weighted by molar-refractivity contribution is 4.75. The van der Waals surface area contributed by atoms with E-state index in [1.54, 1.807) is 0 Å². The lowest BCUT2D eigenvalue weighted by Crippen LogP contribution is -2.43. The van der Waals surface area contributed by atoms with Gasteiger partial charge in [-0.05, 0) is 58.5 Å². The van der Waals surface area contributed by atoms with Gasteiger partial charge in [-0.3, -0.25) is 0 Å². The summed E-state index contributed by atoms with van der Waals surface area (Å²) in [7, 11) is 0. The molecule has 3 nitrogen and oxygen atoms in total. The van der Waals surface area contributed by atoms with Crippen LogP contribution in [0.3, 0.4) is 0 Å². The Kier molecular flexibility index (Phi) is 5.26. The van der Waals surface area contributed by atoms with Crippen molar-refractivity contribution in [1.82, 2.24) is 10.2 Å². The average Bonchev–Trinajstić information content (AvgIpc) is 3.08. The van der Waals surface area contributed by atoms with Crippen molar-refractivity contribution in [2.45, 2.75) is 51.6 Å². The summed E-state index contributed by atoms with van der Waals surface area (Å²) >= 11 is 0. The van der Waals surface area contributed by atoms with Gasteiger partial charge in [-0.15, -0.1) is 0 Å². The third kappa shape index (κ3) is 5.36. The molecule has 1 aliphatic heterocycles. The highest BCUT2D eigenvalue weighted by Gasteiger charge is 2.21. The van der Waals surface area contributed by atoms with Crippen molar-refractivity contribution in [1.29, 1.82) is 0 Å². The number of hydrogen-bond acceptors (Lipinski definition) is 3. The zero-order valence-electron chi connectivity index (χ0n) is 11.5. The standard InChI is InChI=1S/C14H28N2O/c1-12-5-7-16(8-6-13(2)15-12)9-10-17-11-14-3-4-14/h12-15H,3-11H2,1-2H3. The van der Waals surface area contributed by atoms with Gasteiger partial charge in [0, 0.05) is 25.2 Å². The smallest absolute Gasteiger partial charge is 0.0593 e. The summed E-state index contributed by atoms with van der Waals surface area (Å²) in [5.74, 6) is 0.895. The van der Waals surface area contributed by atoms with E-state index in [1.807, 2.05) is 0 Å².